The largest absolute Gasteiger partial charge is 0.364 e. The number of nitrogens with zero attached hydrogens (tertiary/aromatic N) is 10. The van der Waals surface area contributed by atoms with Gasteiger partial charge in [-0.05, 0) is 75.6 Å². The van der Waals surface area contributed by atoms with Crippen molar-refractivity contribution in [2.24, 2.45) is 23.3 Å². The molecule has 2 saturated carbocycles. The second kappa shape index (κ2) is 21.2. The number of fused-ring (bicyclic) bond motifs is 2. The van der Waals surface area contributed by atoms with Crippen LogP contribution in [0.3, 0.4) is 0 Å². The number of aromatic nitrogens is 8. The van der Waals surface area contributed by atoms with Crippen LogP contribution in [0.4, 0.5) is 11.4 Å². The number of nitrogens with one attached hydrogen (secondary N) is 2. The molecule has 2 aliphatic rings. The van der Waals surface area contributed by atoms with Gasteiger partial charge in [0.1, 0.15) is 17.6 Å². The molecule has 6 N–H and O–H groups in total. The number of hydrogen-bond acceptors (Lipinski definition) is 11. The second-order valence-electron chi connectivity index (χ2n) is 15.1. The van der Waals surface area contributed by atoms with E-state index in [1.54, 1.807) is 47.4 Å². The minimum absolute atomic E-state index is 0.0181. The van der Waals surface area contributed by atoms with Crippen LogP contribution in [0.15, 0.2) is 73.6 Å². The van der Waals surface area contributed by atoms with E-state index in [2.05, 4.69) is 37.1 Å². The van der Waals surface area contributed by atoms with Crippen LogP contribution >= 0.6 is 0 Å². The third-order valence-corrected chi connectivity index (χ3v) is 11.3. The molecule has 0 spiro atoms. The number of carbonyl (C=O) groups is 4. The molecule has 6 heterocycles. The van der Waals surface area contributed by atoms with Gasteiger partial charge in [0.25, 0.3) is 11.8 Å². The molecule has 19 nitrogen and oxygen atoms in total. The highest BCUT2D eigenvalue weighted by molar-refractivity contribution is 5.99. The Morgan fingerprint density at radius 3 is 1.78 bits per heavy atom. The summed E-state index contributed by atoms with van der Waals surface area (Å²) in [5.41, 5.74) is 16.5. The maximum absolute atomic E-state index is 11.7. The minimum atomic E-state index is -0.592. The number of nitriles is 2. The molecule has 2 unspecified atom stereocenters. The van der Waals surface area contributed by atoms with E-state index in [0.29, 0.717) is 71.2 Å². The smallest absolute Gasteiger partial charge is 0.267 e. The standard InChI is InChI=1S/C20H21N7O2.C16H18N6O3.C8H11N/c21-8-7-16(13-3-1-2-4-13)26-11-14(9-24-26)19-15(23-12-28)10-25-27-17(19)5-6-18(27)20(22)29;1-3-25-10(2)21-8-11(6-19-21)15-12(18-9-23)7-20-22-13(15)4-5-14(22)16(17)24;9-7-3-6-8-4-1-2-5-8/h5-6,9-13,16H,1-4,7H2,(H2,22,29)(H,23,28);4-10H,3H2,1-2H3,(H2,17,24)(H,18,23);3,6,8H,1-2,4-5H2/b;;6-3-. The molecule has 6 aromatic heterocycles. The maximum Gasteiger partial charge on any atom is 0.267 e. The number of ether oxygens (including phenoxy) is 1. The van der Waals surface area contributed by atoms with Crippen LogP contribution in [0.5, 0.6) is 0 Å². The van der Waals surface area contributed by atoms with Gasteiger partial charge in [0.2, 0.25) is 12.8 Å². The predicted molar refractivity (Wildman–Crippen MR) is 234 cm³/mol. The van der Waals surface area contributed by atoms with Crippen molar-refractivity contribution in [3.8, 4) is 34.4 Å². The molecule has 0 saturated heterocycles. The minimum Gasteiger partial charge on any atom is -0.364 e. The van der Waals surface area contributed by atoms with Crippen LogP contribution in [0.2, 0.25) is 0 Å². The van der Waals surface area contributed by atoms with Gasteiger partial charge in [0.15, 0.2) is 0 Å². The molecule has 0 aromatic carbocycles. The van der Waals surface area contributed by atoms with Gasteiger partial charge in [-0.25, -0.2) is 13.7 Å². The van der Waals surface area contributed by atoms with Gasteiger partial charge < -0.3 is 26.8 Å². The number of primary amides is 2. The number of nitrogens with two attached hydrogens (primary N) is 2. The quantitative estimate of drug-likeness (QED) is 0.0668. The molecule has 2 fully saturated rings. The molecule has 0 bridgehead atoms. The van der Waals surface area contributed by atoms with Gasteiger partial charge >= 0.3 is 0 Å². The number of hydrogen-bond donors (Lipinski definition) is 4. The fourth-order valence-corrected chi connectivity index (χ4v) is 8.32. The van der Waals surface area contributed by atoms with Gasteiger partial charge in [0.05, 0.1) is 71.8 Å². The lowest BCUT2D eigenvalue weighted by Gasteiger charge is -2.21. The number of carbonyl (C=O) groups excluding carboxylic acids is 4. The van der Waals surface area contributed by atoms with E-state index in [1.165, 1.54) is 59.9 Å². The first kappa shape index (κ1) is 44.9. The Bertz CT molecular complexity index is 2670. The molecule has 19 heteroatoms. The van der Waals surface area contributed by atoms with E-state index in [4.69, 9.17) is 21.5 Å². The first-order chi connectivity index (χ1) is 30.6. The van der Waals surface area contributed by atoms with Crippen LogP contribution in [0.1, 0.15) is 105 Å². The highest BCUT2D eigenvalue weighted by Gasteiger charge is 2.28. The van der Waals surface area contributed by atoms with Crippen molar-refractivity contribution in [2.45, 2.75) is 83.9 Å². The third-order valence-electron chi connectivity index (χ3n) is 11.3. The molecule has 63 heavy (non-hydrogen) atoms. The third kappa shape index (κ3) is 10.3. The summed E-state index contributed by atoms with van der Waals surface area (Å²) in [7, 11) is 0. The van der Waals surface area contributed by atoms with E-state index >= 15 is 0 Å². The SMILES string of the molecule is CCOC(C)n1cc(-c2c(NC=O)cnn3c(C(N)=O)ccc23)cn1.N#C/C=C\C1CCCC1.N#CCC(C1CCCC1)n1cc(-c2c(NC=O)cnn3c(C(N)=O)ccc23)cn1. The predicted octanol–water partition coefficient (Wildman–Crippen LogP) is 6.19. The normalized spacial score (nSPS) is 14.9. The molecule has 0 aliphatic heterocycles. The van der Waals surface area contributed by atoms with Crippen LogP contribution in [-0.2, 0) is 14.3 Å². The fraction of sp³-hybridized carbons (Fsp3) is 0.364. The zero-order valence-electron chi connectivity index (χ0n) is 35.1. The Morgan fingerprint density at radius 2 is 1.30 bits per heavy atom. The summed E-state index contributed by atoms with van der Waals surface area (Å²) >= 11 is 0. The zero-order valence-corrected chi connectivity index (χ0v) is 35.1. The summed E-state index contributed by atoms with van der Waals surface area (Å²) in [4.78, 5) is 45.3. The van der Waals surface area contributed by atoms with Gasteiger partial charge in [-0.1, -0.05) is 31.8 Å². The summed E-state index contributed by atoms with van der Waals surface area (Å²) < 4.78 is 12.0. The highest BCUT2D eigenvalue weighted by atomic mass is 16.5. The van der Waals surface area contributed by atoms with E-state index < -0.39 is 11.8 Å². The Morgan fingerprint density at radius 1 is 0.794 bits per heavy atom. The molecule has 8 rings (SSSR count). The van der Waals surface area contributed by atoms with Crippen molar-refractivity contribution in [2.75, 3.05) is 17.2 Å². The van der Waals surface area contributed by atoms with E-state index in [-0.39, 0.29) is 23.7 Å². The Balaban J connectivity index is 0.000000177. The van der Waals surface area contributed by atoms with Crippen molar-refractivity contribution >= 4 is 47.0 Å². The Kier molecular flexibility index (Phi) is 15.1. The summed E-state index contributed by atoms with van der Waals surface area (Å²) in [5.74, 6) is -0.0346. The average molecular weight is 855 g/mol. The van der Waals surface area contributed by atoms with Crippen LogP contribution in [0, 0.1) is 34.5 Å². The van der Waals surface area contributed by atoms with E-state index in [1.807, 2.05) is 43.1 Å². The fourth-order valence-electron chi connectivity index (χ4n) is 8.32. The first-order valence-corrected chi connectivity index (χ1v) is 20.8. The molecular formula is C44H50N14O5. The van der Waals surface area contributed by atoms with Crippen molar-refractivity contribution in [3.63, 3.8) is 0 Å². The van der Waals surface area contributed by atoms with Crippen molar-refractivity contribution in [3.05, 3.63) is 85.0 Å². The molecule has 2 aliphatic carbocycles. The summed E-state index contributed by atoms with van der Waals surface area (Å²) in [6, 6.07) is 11.0. The van der Waals surface area contributed by atoms with E-state index in [0.717, 1.165) is 24.0 Å². The molecule has 326 valence electrons. The summed E-state index contributed by atoms with van der Waals surface area (Å²) in [6.07, 6.45) is 24.8. The Hall–Kier alpha value is -7.64. The topological polar surface area (TPSA) is 271 Å². The second-order valence-corrected chi connectivity index (χ2v) is 15.1. The number of amides is 4. The zero-order chi connectivity index (χ0) is 44.9. The van der Waals surface area contributed by atoms with Crippen LogP contribution in [0.25, 0.3) is 33.3 Å². The number of anilines is 2. The van der Waals surface area contributed by atoms with Crippen molar-refractivity contribution in [1.29, 1.82) is 10.5 Å². The average Bonchev–Trinajstić information content (AvgIpc) is 4.14. The van der Waals surface area contributed by atoms with Crippen LogP contribution < -0.4 is 22.1 Å². The molecular weight excluding hydrogens is 805 g/mol. The molecule has 4 amide bonds. The van der Waals surface area contributed by atoms with Gasteiger partial charge in [-0.3, -0.25) is 23.9 Å². The molecule has 6 aromatic rings. The summed E-state index contributed by atoms with van der Waals surface area (Å²) in [5, 5.41) is 40.0. The summed E-state index contributed by atoms with van der Waals surface area (Å²) in [6.45, 7) is 4.36. The lowest BCUT2D eigenvalue weighted by atomic mass is 9.96. The number of allylic oxidation sites excluding steroid dienone is 2. The highest BCUT2D eigenvalue weighted by Crippen LogP contribution is 2.38. The monoisotopic (exact) mass is 854 g/mol. The van der Waals surface area contributed by atoms with Gasteiger partial charge in [0, 0.05) is 47.3 Å². The lowest BCUT2D eigenvalue weighted by molar-refractivity contribution is -0.106. The first-order valence-electron chi connectivity index (χ1n) is 20.8. The number of rotatable bonds is 15. The maximum atomic E-state index is 11.7. The van der Waals surface area contributed by atoms with Crippen molar-refractivity contribution in [1.82, 2.24) is 38.8 Å². The molecule has 0 radical (unpaired) electrons. The van der Waals surface area contributed by atoms with Gasteiger partial charge in [-0.15, -0.1) is 0 Å². The van der Waals surface area contributed by atoms with E-state index in [9.17, 15) is 24.4 Å². The van der Waals surface area contributed by atoms with Crippen LogP contribution in [-0.4, -0.2) is 70.0 Å². The van der Waals surface area contributed by atoms with Crippen molar-refractivity contribution < 1.29 is 23.9 Å². The lowest BCUT2D eigenvalue weighted by Crippen LogP contribution is -2.17. The Labute approximate surface area is 363 Å². The van der Waals surface area contributed by atoms with Gasteiger partial charge in [-0.2, -0.15) is 30.9 Å². The molecule has 2 atom stereocenters.